The van der Waals surface area contributed by atoms with E-state index >= 15 is 0 Å². The first kappa shape index (κ1) is 23.4. The van der Waals surface area contributed by atoms with Crippen LogP contribution in [-0.2, 0) is 10.3 Å². The third-order valence-electron chi connectivity index (χ3n) is 5.43. The van der Waals surface area contributed by atoms with Crippen LogP contribution in [0, 0.1) is 0 Å². The van der Waals surface area contributed by atoms with Crippen molar-refractivity contribution in [3.63, 3.8) is 0 Å². The Balaban J connectivity index is 1.39. The first-order valence-electron chi connectivity index (χ1n) is 11.3. The minimum Gasteiger partial charge on any atom is -0.493 e. The van der Waals surface area contributed by atoms with Crippen molar-refractivity contribution in [3.8, 4) is 11.5 Å². The van der Waals surface area contributed by atoms with Crippen molar-refractivity contribution in [1.82, 2.24) is 9.78 Å². The molecule has 0 saturated heterocycles. The molecule has 2 amide bonds. The molecule has 1 aromatic heterocycles. The molecular weight excluding hydrogens is 432 g/mol. The fraction of sp³-hybridized carbons (Fsp3) is 0.346. The largest absolute Gasteiger partial charge is 0.493 e. The normalized spacial score (nSPS) is 13.3. The Labute approximate surface area is 199 Å². The second-order valence-electron chi connectivity index (χ2n) is 9.33. The zero-order valence-corrected chi connectivity index (χ0v) is 19.9. The molecule has 1 saturated carbocycles. The molecule has 0 aliphatic heterocycles. The minimum atomic E-state index is -0.327. The third-order valence-corrected chi connectivity index (χ3v) is 5.43. The number of nitrogens with one attached hydrogen (secondary N) is 2. The molecule has 0 atom stereocenters. The quantitative estimate of drug-likeness (QED) is 0.502. The average Bonchev–Trinajstić information content (AvgIpc) is 3.54. The summed E-state index contributed by atoms with van der Waals surface area (Å²) in [6, 6.07) is 16.0. The second-order valence-corrected chi connectivity index (χ2v) is 9.33. The lowest BCUT2D eigenvalue weighted by molar-refractivity contribution is -0.118. The van der Waals surface area contributed by atoms with Crippen LogP contribution in [0.3, 0.4) is 0 Å². The highest BCUT2D eigenvalue weighted by Gasteiger charge is 2.32. The first-order chi connectivity index (χ1) is 16.2. The van der Waals surface area contributed by atoms with E-state index in [2.05, 4.69) is 36.5 Å². The molecule has 0 unspecified atom stereocenters. The molecule has 8 heteroatoms. The number of benzene rings is 2. The maximum atomic E-state index is 12.9. The number of aromatic nitrogens is 2. The lowest BCUT2D eigenvalue weighted by Gasteiger charge is -2.22. The molecule has 0 spiro atoms. The molecule has 4 rings (SSSR count). The Morgan fingerprint density at radius 2 is 1.68 bits per heavy atom. The van der Waals surface area contributed by atoms with Gasteiger partial charge in [0.1, 0.15) is 0 Å². The number of carbonyl (C=O) groups is 2. The summed E-state index contributed by atoms with van der Waals surface area (Å²) in [5, 5.41) is 10.3. The Hall–Kier alpha value is -3.81. The third kappa shape index (κ3) is 5.57. The van der Waals surface area contributed by atoms with Gasteiger partial charge in [-0.3, -0.25) is 14.3 Å². The summed E-state index contributed by atoms with van der Waals surface area (Å²) in [7, 11) is 1.54. The van der Waals surface area contributed by atoms with Crippen molar-refractivity contribution in [3.05, 3.63) is 66.0 Å². The molecule has 1 aliphatic rings. The standard InChI is InChI=1S/C26H30N4O4/c1-26(2,3)30-21(17-12-13-17)15-20(29-30)25(32)28-19-9-7-8-18(14-19)27-24(31)16-34-23-11-6-5-10-22(23)33-4/h5-11,14-15,17H,12-13,16H2,1-4H3,(H,27,31)(H,28,32). The zero-order valence-electron chi connectivity index (χ0n) is 19.9. The summed E-state index contributed by atoms with van der Waals surface area (Å²) in [5.74, 6) is 0.908. The number of hydrogen-bond acceptors (Lipinski definition) is 5. The monoisotopic (exact) mass is 462 g/mol. The molecule has 0 radical (unpaired) electrons. The smallest absolute Gasteiger partial charge is 0.276 e. The van der Waals surface area contributed by atoms with E-state index < -0.39 is 0 Å². The van der Waals surface area contributed by atoms with Crippen molar-refractivity contribution in [1.29, 1.82) is 0 Å². The van der Waals surface area contributed by atoms with Gasteiger partial charge in [-0.25, -0.2) is 0 Å². The molecule has 8 nitrogen and oxygen atoms in total. The van der Waals surface area contributed by atoms with Crippen LogP contribution in [0.5, 0.6) is 11.5 Å². The number of ether oxygens (including phenoxy) is 2. The van der Waals surface area contributed by atoms with Gasteiger partial charge in [0, 0.05) is 23.0 Å². The Bertz CT molecular complexity index is 1190. The number of methoxy groups -OCH3 is 1. The summed E-state index contributed by atoms with van der Waals surface area (Å²) in [6.07, 6.45) is 2.26. The molecule has 0 bridgehead atoms. The highest BCUT2D eigenvalue weighted by atomic mass is 16.5. The molecule has 3 aromatic rings. The zero-order chi connectivity index (χ0) is 24.3. The average molecular weight is 463 g/mol. The van der Waals surface area contributed by atoms with Crippen LogP contribution in [0.2, 0.25) is 0 Å². The van der Waals surface area contributed by atoms with Gasteiger partial charge in [0.2, 0.25) is 0 Å². The minimum absolute atomic E-state index is 0.175. The SMILES string of the molecule is COc1ccccc1OCC(=O)Nc1cccc(NC(=O)c2cc(C3CC3)n(C(C)(C)C)n2)c1. The van der Waals surface area contributed by atoms with E-state index in [9.17, 15) is 9.59 Å². The highest BCUT2D eigenvalue weighted by Crippen LogP contribution is 2.41. The van der Waals surface area contributed by atoms with Crippen LogP contribution in [0.1, 0.15) is 55.7 Å². The van der Waals surface area contributed by atoms with Crippen molar-refractivity contribution in [2.24, 2.45) is 0 Å². The Kier molecular flexibility index (Phi) is 6.58. The molecule has 1 aliphatic carbocycles. The predicted molar refractivity (Wildman–Crippen MR) is 131 cm³/mol. The van der Waals surface area contributed by atoms with Gasteiger partial charge in [0.15, 0.2) is 23.8 Å². The maximum absolute atomic E-state index is 12.9. The summed E-state index contributed by atoms with van der Waals surface area (Å²) in [4.78, 5) is 25.3. The molecule has 1 heterocycles. The van der Waals surface area contributed by atoms with Crippen LogP contribution in [-0.4, -0.2) is 35.3 Å². The number of rotatable bonds is 8. The van der Waals surface area contributed by atoms with Crippen LogP contribution in [0.25, 0.3) is 0 Å². The number of amides is 2. The van der Waals surface area contributed by atoms with Gasteiger partial charge < -0.3 is 20.1 Å². The van der Waals surface area contributed by atoms with Gasteiger partial charge in [0.25, 0.3) is 11.8 Å². The van der Waals surface area contributed by atoms with Crippen molar-refractivity contribution >= 4 is 23.2 Å². The predicted octanol–water partition coefficient (Wildman–Crippen LogP) is 4.79. The van der Waals surface area contributed by atoms with Crippen LogP contribution in [0.15, 0.2) is 54.6 Å². The number of para-hydroxylation sites is 2. The lowest BCUT2D eigenvalue weighted by Crippen LogP contribution is -2.25. The van der Waals surface area contributed by atoms with E-state index in [-0.39, 0.29) is 24.0 Å². The summed E-state index contributed by atoms with van der Waals surface area (Å²) in [6.45, 7) is 6.07. The van der Waals surface area contributed by atoms with Gasteiger partial charge in [-0.2, -0.15) is 5.10 Å². The summed E-state index contributed by atoms with van der Waals surface area (Å²) < 4.78 is 12.7. The fourth-order valence-corrected chi connectivity index (χ4v) is 3.66. The second kappa shape index (κ2) is 9.59. The molecule has 2 aromatic carbocycles. The number of hydrogen-bond donors (Lipinski definition) is 2. The van der Waals surface area contributed by atoms with E-state index in [4.69, 9.17) is 9.47 Å². The van der Waals surface area contributed by atoms with E-state index in [0.29, 0.717) is 34.5 Å². The van der Waals surface area contributed by atoms with Crippen molar-refractivity contribution in [2.75, 3.05) is 24.4 Å². The number of anilines is 2. The van der Waals surface area contributed by atoms with Gasteiger partial charge in [-0.05, 0) is 70.0 Å². The van der Waals surface area contributed by atoms with E-state index in [1.165, 1.54) is 0 Å². The summed E-state index contributed by atoms with van der Waals surface area (Å²) >= 11 is 0. The molecule has 2 N–H and O–H groups in total. The fourth-order valence-electron chi connectivity index (χ4n) is 3.66. The van der Waals surface area contributed by atoms with E-state index in [1.54, 1.807) is 49.6 Å². The van der Waals surface area contributed by atoms with Crippen molar-refractivity contribution in [2.45, 2.75) is 45.1 Å². The van der Waals surface area contributed by atoms with Crippen LogP contribution in [0.4, 0.5) is 11.4 Å². The van der Waals surface area contributed by atoms with Gasteiger partial charge in [-0.15, -0.1) is 0 Å². The van der Waals surface area contributed by atoms with Gasteiger partial charge in [-0.1, -0.05) is 18.2 Å². The Morgan fingerprint density at radius 1 is 1.00 bits per heavy atom. The van der Waals surface area contributed by atoms with Gasteiger partial charge in [0.05, 0.1) is 12.6 Å². The Morgan fingerprint density at radius 3 is 2.32 bits per heavy atom. The topological polar surface area (TPSA) is 94.5 Å². The summed E-state index contributed by atoms with van der Waals surface area (Å²) in [5.41, 5.74) is 2.40. The molecule has 178 valence electrons. The molecule has 1 fully saturated rings. The lowest BCUT2D eigenvalue weighted by atomic mass is 10.1. The van der Waals surface area contributed by atoms with E-state index in [0.717, 1.165) is 18.5 Å². The van der Waals surface area contributed by atoms with Gasteiger partial charge >= 0.3 is 0 Å². The number of carbonyl (C=O) groups excluding carboxylic acids is 2. The van der Waals surface area contributed by atoms with Crippen LogP contribution >= 0.6 is 0 Å². The van der Waals surface area contributed by atoms with E-state index in [1.807, 2.05) is 16.8 Å². The van der Waals surface area contributed by atoms with Crippen LogP contribution < -0.4 is 20.1 Å². The highest BCUT2D eigenvalue weighted by molar-refractivity contribution is 6.03. The maximum Gasteiger partial charge on any atom is 0.276 e. The molecule has 34 heavy (non-hydrogen) atoms. The first-order valence-corrected chi connectivity index (χ1v) is 11.3. The molecular formula is C26H30N4O4. The number of nitrogens with zero attached hydrogens (tertiary/aromatic N) is 2. The van der Waals surface area contributed by atoms with Crippen molar-refractivity contribution < 1.29 is 19.1 Å².